The van der Waals surface area contributed by atoms with Crippen LogP contribution in [0, 0.1) is 5.92 Å². The van der Waals surface area contributed by atoms with Gasteiger partial charge in [0.1, 0.15) is 18.8 Å². The molecule has 3 atom stereocenters. The summed E-state index contributed by atoms with van der Waals surface area (Å²) in [6.45, 7) is 2.29. The molecule has 0 radical (unpaired) electrons. The topological polar surface area (TPSA) is 64.6 Å². The fraction of sp³-hybridized carbons (Fsp3) is 0.619. The summed E-state index contributed by atoms with van der Waals surface area (Å²) < 4.78 is 11.3. The second-order valence-electron chi connectivity index (χ2n) is 7.49. The Morgan fingerprint density at radius 3 is 2.62 bits per heavy atom. The minimum absolute atomic E-state index is 0.0645. The van der Waals surface area contributed by atoms with Crippen LogP contribution in [-0.2, 0) is 25.7 Å². The van der Waals surface area contributed by atoms with Gasteiger partial charge in [-0.2, -0.15) is 0 Å². The number of hydrogen-bond acceptors (Lipinski definition) is 4. The molecule has 1 aromatic rings. The predicted molar refractivity (Wildman–Crippen MR) is 98.6 cm³/mol. The van der Waals surface area contributed by atoms with Gasteiger partial charge < -0.3 is 14.8 Å². The summed E-state index contributed by atoms with van der Waals surface area (Å²) >= 11 is 0. The van der Waals surface area contributed by atoms with E-state index in [9.17, 15) is 9.59 Å². The van der Waals surface area contributed by atoms with Gasteiger partial charge in [-0.3, -0.25) is 9.59 Å². The molecule has 3 rings (SSSR count). The number of rotatable bonds is 7. The van der Waals surface area contributed by atoms with Crippen molar-refractivity contribution >= 4 is 11.7 Å². The van der Waals surface area contributed by atoms with Crippen LogP contribution in [0.25, 0.3) is 0 Å². The standard InChI is InChI=1S/C21H29NO4/c1-15-20(18(23)14-25-15)22-21(24)19(12-16-8-4-2-5-9-16)26-13-17-10-6-3-7-11-17/h3,6-7,10-11,15-16,19-20H,2,4-5,8-9,12-14H2,1H3,(H,22,24)/t15-,19?,20+/m0/s1. The lowest BCUT2D eigenvalue weighted by molar-refractivity contribution is -0.137. The Bertz CT molecular complexity index is 597. The highest BCUT2D eigenvalue weighted by Gasteiger charge is 2.36. The van der Waals surface area contributed by atoms with Gasteiger partial charge in [-0.1, -0.05) is 62.4 Å². The predicted octanol–water partition coefficient (Wildman–Crippen LogP) is 3.01. The Hall–Kier alpha value is -1.72. The van der Waals surface area contributed by atoms with E-state index in [-0.39, 0.29) is 24.4 Å². The molecule has 0 spiro atoms. The number of amides is 1. The first kappa shape index (κ1) is 19.1. The van der Waals surface area contributed by atoms with Crippen LogP contribution in [-0.4, -0.2) is 36.5 Å². The van der Waals surface area contributed by atoms with Crippen molar-refractivity contribution in [2.24, 2.45) is 5.92 Å². The molecule has 1 saturated carbocycles. The number of ketones is 1. The Morgan fingerprint density at radius 2 is 1.96 bits per heavy atom. The zero-order chi connectivity index (χ0) is 18.4. The van der Waals surface area contributed by atoms with E-state index in [0.717, 1.165) is 24.8 Å². The number of carbonyl (C=O) groups excluding carboxylic acids is 2. The summed E-state index contributed by atoms with van der Waals surface area (Å²) in [5.41, 5.74) is 1.04. The van der Waals surface area contributed by atoms with Gasteiger partial charge in [-0.05, 0) is 24.8 Å². The van der Waals surface area contributed by atoms with Crippen molar-refractivity contribution < 1.29 is 19.1 Å². The zero-order valence-electron chi connectivity index (χ0n) is 15.5. The number of Topliss-reactive ketones (excluding diaryl/α,β-unsaturated/α-hetero) is 1. The fourth-order valence-corrected chi connectivity index (χ4v) is 3.85. The number of ether oxygens (including phenoxy) is 2. The van der Waals surface area contributed by atoms with E-state index in [1.807, 2.05) is 37.3 Å². The van der Waals surface area contributed by atoms with E-state index in [0.29, 0.717) is 12.5 Å². The lowest BCUT2D eigenvalue weighted by atomic mass is 9.85. The normalized spacial score (nSPS) is 25.2. The maximum absolute atomic E-state index is 12.8. The molecule has 5 heteroatoms. The van der Waals surface area contributed by atoms with Crippen molar-refractivity contribution in [3.05, 3.63) is 35.9 Å². The summed E-state index contributed by atoms with van der Waals surface area (Å²) in [4.78, 5) is 24.8. The smallest absolute Gasteiger partial charge is 0.249 e. The molecule has 1 amide bonds. The molecule has 1 aliphatic heterocycles. The molecule has 5 nitrogen and oxygen atoms in total. The Kier molecular flexibility index (Phi) is 6.80. The van der Waals surface area contributed by atoms with E-state index in [4.69, 9.17) is 9.47 Å². The number of nitrogens with one attached hydrogen (secondary N) is 1. The van der Waals surface area contributed by atoms with Crippen molar-refractivity contribution in [1.82, 2.24) is 5.32 Å². The van der Waals surface area contributed by atoms with Crippen molar-refractivity contribution in [1.29, 1.82) is 0 Å². The zero-order valence-corrected chi connectivity index (χ0v) is 15.5. The van der Waals surface area contributed by atoms with Crippen LogP contribution in [0.4, 0.5) is 0 Å². The van der Waals surface area contributed by atoms with Crippen LogP contribution < -0.4 is 5.32 Å². The first-order valence-electron chi connectivity index (χ1n) is 9.73. The van der Waals surface area contributed by atoms with E-state index < -0.39 is 12.1 Å². The molecule has 2 aliphatic rings. The van der Waals surface area contributed by atoms with Gasteiger partial charge in [0.2, 0.25) is 5.91 Å². The monoisotopic (exact) mass is 359 g/mol. The molecular formula is C21H29NO4. The summed E-state index contributed by atoms with van der Waals surface area (Å²) in [5, 5.41) is 2.87. The SMILES string of the molecule is C[C@@H]1OCC(=O)[C@@H]1NC(=O)C(CC1CCCCC1)OCc1ccccc1. The third-order valence-corrected chi connectivity index (χ3v) is 5.46. The van der Waals surface area contributed by atoms with Crippen LogP contribution in [0.15, 0.2) is 30.3 Å². The highest BCUT2D eigenvalue weighted by Crippen LogP contribution is 2.28. The lowest BCUT2D eigenvalue weighted by Gasteiger charge is -2.27. The Balaban J connectivity index is 1.62. The molecule has 1 N–H and O–H groups in total. The molecule has 1 saturated heterocycles. The first-order chi connectivity index (χ1) is 12.6. The molecule has 1 heterocycles. The fourth-order valence-electron chi connectivity index (χ4n) is 3.85. The quantitative estimate of drug-likeness (QED) is 0.813. The second kappa shape index (κ2) is 9.28. The van der Waals surface area contributed by atoms with Crippen LogP contribution in [0.3, 0.4) is 0 Å². The van der Waals surface area contributed by atoms with Gasteiger partial charge in [0.15, 0.2) is 5.78 Å². The number of benzene rings is 1. The molecule has 26 heavy (non-hydrogen) atoms. The van der Waals surface area contributed by atoms with Gasteiger partial charge in [0.05, 0.1) is 12.7 Å². The van der Waals surface area contributed by atoms with Crippen LogP contribution in [0.2, 0.25) is 0 Å². The molecule has 1 aromatic carbocycles. The Labute approximate surface area is 155 Å². The summed E-state index contributed by atoms with van der Waals surface area (Å²) in [5.74, 6) is 0.260. The van der Waals surface area contributed by atoms with Crippen LogP contribution in [0.1, 0.15) is 51.0 Å². The maximum atomic E-state index is 12.8. The van der Waals surface area contributed by atoms with Crippen LogP contribution in [0.5, 0.6) is 0 Å². The molecule has 1 aliphatic carbocycles. The average molecular weight is 359 g/mol. The average Bonchev–Trinajstić information content (AvgIpc) is 2.98. The van der Waals surface area contributed by atoms with Crippen molar-refractivity contribution in [3.8, 4) is 0 Å². The third kappa shape index (κ3) is 5.15. The third-order valence-electron chi connectivity index (χ3n) is 5.46. The van der Waals surface area contributed by atoms with Crippen LogP contribution >= 0.6 is 0 Å². The summed E-state index contributed by atoms with van der Waals surface area (Å²) in [6, 6.07) is 9.31. The minimum atomic E-state index is -0.559. The van der Waals surface area contributed by atoms with E-state index in [2.05, 4.69) is 5.32 Å². The summed E-state index contributed by atoms with van der Waals surface area (Å²) in [6.07, 6.45) is 5.95. The van der Waals surface area contributed by atoms with Gasteiger partial charge >= 0.3 is 0 Å². The van der Waals surface area contributed by atoms with Gasteiger partial charge in [-0.25, -0.2) is 0 Å². The summed E-state index contributed by atoms with van der Waals surface area (Å²) in [7, 11) is 0. The minimum Gasteiger partial charge on any atom is -0.368 e. The van der Waals surface area contributed by atoms with Crippen molar-refractivity contribution in [3.63, 3.8) is 0 Å². The highest BCUT2D eigenvalue weighted by atomic mass is 16.5. The highest BCUT2D eigenvalue weighted by molar-refractivity contribution is 5.92. The molecule has 142 valence electrons. The molecule has 0 aromatic heterocycles. The second-order valence-corrected chi connectivity index (χ2v) is 7.49. The van der Waals surface area contributed by atoms with E-state index >= 15 is 0 Å². The van der Waals surface area contributed by atoms with Gasteiger partial charge in [-0.15, -0.1) is 0 Å². The molecule has 2 fully saturated rings. The first-order valence-corrected chi connectivity index (χ1v) is 9.73. The lowest BCUT2D eigenvalue weighted by Crippen LogP contribution is -2.48. The molecular weight excluding hydrogens is 330 g/mol. The van der Waals surface area contributed by atoms with Gasteiger partial charge in [0, 0.05) is 0 Å². The van der Waals surface area contributed by atoms with E-state index in [1.165, 1.54) is 19.3 Å². The molecule has 1 unspecified atom stereocenters. The van der Waals surface area contributed by atoms with E-state index in [1.54, 1.807) is 0 Å². The number of carbonyl (C=O) groups is 2. The van der Waals surface area contributed by atoms with Crippen molar-refractivity contribution in [2.45, 2.75) is 70.3 Å². The maximum Gasteiger partial charge on any atom is 0.249 e. The Morgan fingerprint density at radius 1 is 1.23 bits per heavy atom. The largest absolute Gasteiger partial charge is 0.368 e. The molecule has 0 bridgehead atoms. The van der Waals surface area contributed by atoms with Gasteiger partial charge in [0.25, 0.3) is 0 Å². The number of hydrogen-bond donors (Lipinski definition) is 1. The van der Waals surface area contributed by atoms with Crippen molar-refractivity contribution in [2.75, 3.05) is 6.61 Å².